The molecule has 0 aliphatic carbocycles. The van der Waals surface area contributed by atoms with Gasteiger partial charge in [-0.3, -0.25) is 0 Å². The quantitative estimate of drug-likeness (QED) is 0.620. The Hall–Kier alpha value is -0.670. The fourth-order valence-electron chi connectivity index (χ4n) is 0.485. The number of allylic oxidation sites excluding steroid dienone is 2. The first kappa shape index (κ1) is 8.43. The van der Waals surface area contributed by atoms with Crippen molar-refractivity contribution in [2.24, 2.45) is 0 Å². The standard InChI is InChI=1S/C4H5NS.C4H4S/c1-2-4-6-5-3-1;1-2-4-5-3-1/h1-5H;1-4H. The van der Waals surface area contributed by atoms with Crippen LogP contribution in [0.25, 0.3) is 0 Å². The molecule has 2 heterocycles. The number of nitrogens with one attached hydrogen (secondary N) is 1. The molecule has 58 valence electrons. The van der Waals surface area contributed by atoms with Gasteiger partial charge < -0.3 is 4.72 Å². The van der Waals surface area contributed by atoms with E-state index in [0.29, 0.717) is 0 Å². The van der Waals surface area contributed by atoms with Gasteiger partial charge in [-0.2, -0.15) is 11.3 Å². The Morgan fingerprint density at radius 1 is 1.00 bits per heavy atom. The van der Waals surface area contributed by atoms with Crippen molar-refractivity contribution < 1.29 is 0 Å². The lowest BCUT2D eigenvalue weighted by Gasteiger charge is -1.93. The molecule has 0 amide bonds. The van der Waals surface area contributed by atoms with Gasteiger partial charge in [0.25, 0.3) is 0 Å². The maximum atomic E-state index is 2.93. The average molecular weight is 183 g/mol. The maximum absolute atomic E-state index is 2.93. The zero-order valence-corrected chi connectivity index (χ0v) is 7.57. The van der Waals surface area contributed by atoms with E-state index in [9.17, 15) is 0 Å². The molecular formula is C8H9NS2. The van der Waals surface area contributed by atoms with Gasteiger partial charge in [0.05, 0.1) is 0 Å². The molecule has 0 saturated heterocycles. The molecule has 0 radical (unpaired) electrons. The lowest BCUT2D eigenvalue weighted by atomic mass is 10.6. The second-order valence-electron chi connectivity index (χ2n) is 1.72. The molecule has 1 aliphatic rings. The summed E-state index contributed by atoms with van der Waals surface area (Å²) in [5, 5.41) is 6.07. The lowest BCUT2D eigenvalue weighted by Crippen LogP contribution is -1.88. The summed E-state index contributed by atoms with van der Waals surface area (Å²) in [5.74, 6) is 0. The highest BCUT2D eigenvalue weighted by Crippen LogP contribution is 1.98. The average Bonchev–Trinajstić information content (AvgIpc) is 2.64. The molecule has 3 heteroatoms. The van der Waals surface area contributed by atoms with Gasteiger partial charge in [0.2, 0.25) is 0 Å². The van der Waals surface area contributed by atoms with E-state index in [0.717, 1.165) is 0 Å². The molecule has 0 fully saturated rings. The molecule has 2 rings (SSSR count). The van der Waals surface area contributed by atoms with Crippen LogP contribution in [0.2, 0.25) is 0 Å². The predicted octanol–water partition coefficient (Wildman–Crippen LogP) is 3.01. The second kappa shape index (κ2) is 6.07. The Bertz CT molecular complexity index is 185. The van der Waals surface area contributed by atoms with Crippen LogP contribution >= 0.6 is 23.3 Å². The zero-order chi connectivity index (χ0) is 7.78. The third-order valence-electron chi connectivity index (χ3n) is 0.915. The first-order chi connectivity index (χ1) is 5.50. The van der Waals surface area contributed by atoms with E-state index < -0.39 is 0 Å². The van der Waals surface area contributed by atoms with Gasteiger partial charge in [-0.05, 0) is 34.2 Å². The Balaban J connectivity index is 0.000000112. The highest BCUT2D eigenvalue weighted by atomic mass is 32.2. The van der Waals surface area contributed by atoms with Crippen molar-refractivity contribution in [3.8, 4) is 0 Å². The zero-order valence-electron chi connectivity index (χ0n) is 5.94. The van der Waals surface area contributed by atoms with E-state index in [-0.39, 0.29) is 0 Å². The number of hydrogen-bond acceptors (Lipinski definition) is 3. The van der Waals surface area contributed by atoms with E-state index in [2.05, 4.69) is 4.72 Å². The van der Waals surface area contributed by atoms with Crippen molar-refractivity contribution in [1.82, 2.24) is 4.72 Å². The third-order valence-corrected chi connectivity index (χ3v) is 2.11. The van der Waals surface area contributed by atoms with Gasteiger partial charge in [-0.15, -0.1) is 0 Å². The lowest BCUT2D eigenvalue weighted by molar-refractivity contribution is 1.42. The summed E-state index contributed by atoms with van der Waals surface area (Å²) in [7, 11) is 0. The molecule has 1 nitrogen and oxygen atoms in total. The monoisotopic (exact) mass is 183 g/mol. The van der Waals surface area contributed by atoms with Crippen molar-refractivity contribution in [3.05, 3.63) is 46.7 Å². The topological polar surface area (TPSA) is 12.0 Å². The van der Waals surface area contributed by atoms with Crippen LogP contribution < -0.4 is 4.72 Å². The largest absolute Gasteiger partial charge is 0.333 e. The SMILES string of the molecule is C1=CNSC=C1.c1ccsc1. The Morgan fingerprint density at radius 2 is 1.82 bits per heavy atom. The second-order valence-corrected chi connectivity index (χ2v) is 3.28. The van der Waals surface area contributed by atoms with Gasteiger partial charge in [-0.1, -0.05) is 18.2 Å². The molecule has 11 heavy (non-hydrogen) atoms. The van der Waals surface area contributed by atoms with Crippen LogP contribution in [0.5, 0.6) is 0 Å². The van der Waals surface area contributed by atoms with Gasteiger partial charge in [-0.25, -0.2) is 0 Å². The summed E-state index contributed by atoms with van der Waals surface area (Å²) in [4.78, 5) is 0. The van der Waals surface area contributed by atoms with Crippen LogP contribution in [0.1, 0.15) is 0 Å². The normalized spacial score (nSPS) is 13.1. The van der Waals surface area contributed by atoms with Gasteiger partial charge >= 0.3 is 0 Å². The van der Waals surface area contributed by atoms with Gasteiger partial charge in [0.1, 0.15) is 0 Å². The van der Waals surface area contributed by atoms with E-state index in [1.807, 2.05) is 46.7 Å². The van der Waals surface area contributed by atoms with E-state index >= 15 is 0 Å². The Labute approximate surface area is 75.0 Å². The van der Waals surface area contributed by atoms with Crippen LogP contribution in [0, 0.1) is 0 Å². The third kappa shape index (κ3) is 4.70. The minimum absolute atomic E-state index is 1.58. The molecule has 1 aromatic heterocycles. The highest BCUT2D eigenvalue weighted by molar-refractivity contribution is 8.00. The summed E-state index contributed by atoms with van der Waals surface area (Å²) in [5.41, 5.74) is 0. The van der Waals surface area contributed by atoms with Gasteiger partial charge in [0, 0.05) is 6.20 Å². The predicted molar refractivity (Wildman–Crippen MR) is 53.3 cm³/mol. The molecule has 1 aliphatic heterocycles. The first-order valence-corrected chi connectivity index (χ1v) is 5.02. The van der Waals surface area contributed by atoms with Crippen LogP contribution in [-0.4, -0.2) is 0 Å². The molecule has 0 saturated carbocycles. The maximum Gasteiger partial charge on any atom is 0.00756 e. The molecule has 1 aromatic rings. The fraction of sp³-hybridized carbons (Fsp3) is 0. The number of thiophene rings is 1. The summed E-state index contributed by atoms with van der Waals surface area (Å²) in [6.45, 7) is 0. The molecular weight excluding hydrogens is 174 g/mol. The molecule has 0 unspecified atom stereocenters. The highest BCUT2D eigenvalue weighted by Gasteiger charge is 1.74. The number of rotatable bonds is 0. The van der Waals surface area contributed by atoms with E-state index in [1.165, 1.54) is 0 Å². The summed E-state index contributed by atoms with van der Waals surface area (Å²) in [6.07, 6.45) is 5.84. The Morgan fingerprint density at radius 3 is 2.00 bits per heavy atom. The first-order valence-electron chi connectivity index (χ1n) is 3.20. The van der Waals surface area contributed by atoms with E-state index in [4.69, 9.17) is 0 Å². The fourth-order valence-corrected chi connectivity index (χ4v) is 1.34. The van der Waals surface area contributed by atoms with E-state index in [1.54, 1.807) is 23.3 Å². The van der Waals surface area contributed by atoms with Crippen LogP contribution in [0.3, 0.4) is 0 Å². The van der Waals surface area contributed by atoms with Crippen molar-refractivity contribution >= 4 is 23.3 Å². The minimum Gasteiger partial charge on any atom is -0.333 e. The summed E-state index contributed by atoms with van der Waals surface area (Å²) < 4.78 is 2.93. The molecule has 0 spiro atoms. The van der Waals surface area contributed by atoms with Crippen LogP contribution in [-0.2, 0) is 0 Å². The van der Waals surface area contributed by atoms with Crippen LogP contribution in [0.4, 0.5) is 0 Å². The molecule has 0 bridgehead atoms. The minimum atomic E-state index is 1.58. The smallest absolute Gasteiger partial charge is 0.00756 e. The van der Waals surface area contributed by atoms with Crippen molar-refractivity contribution in [3.63, 3.8) is 0 Å². The molecule has 1 N–H and O–H groups in total. The summed E-state index contributed by atoms with van der Waals surface area (Å²) in [6, 6.07) is 4.04. The number of hydrogen-bond donors (Lipinski definition) is 1. The molecule has 0 aromatic carbocycles. The van der Waals surface area contributed by atoms with Gasteiger partial charge in [0.15, 0.2) is 0 Å². The van der Waals surface area contributed by atoms with Crippen molar-refractivity contribution in [2.45, 2.75) is 0 Å². The van der Waals surface area contributed by atoms with Crippen molar-refractivity contribution in [2.75, 3.05) is 0 Å². The molecule has 0 atom stereocenters. The summed E-state index contributed by atoms with van der Waals surface area (Å²) >= 11 is 3.29. The van der Waals surface area contributed by atoms with Crippen molar-refractivity contribution in [1.29, 1.82) is 0 Å². The Kier molecular flexibility index (Phi) is 4.65. The van der Waals surface area contributed by atoms with Crippen LogP contribution in [0.15, 0.2) is 46.7 Å².